The third kappa shape index (κ3) is 4.65. The van der Waals surface area contributed by atoms with Gasteiger partial charge in [-0.3, -0.25) is 4.79 Å². The molecule has 1 aromatic carbocycles. The van der Waals surface area contributed by atoms with Gasteiger partial charge in [0.25, 0.3) is 0 Å². The average Bonchev–Trinajstić information content (AvgIpc) is 3.01. The zero-order chi connectivity index (χ0) is 16.9. The van der Waals surface area contributed by atoms with Gasteiger partial charge >= 0.3 is 0 Å². The van der Waals surface area contributed by atoms with Crippen molar-refractivity contribution in [3.63, 3.8) is 0 Å². The Morgan fingerprint density at radius 3 is 3.00 bits per heavy atom. The van der Waals surface area contributed by atoms with Crippen molar-refractivity contribution in [1.29, 1.82) is 0 Å². The van der Waals surface area contributed by atoms with E-state index in [1.54, 1.807) is 36.9 Å². The molecule has 2 N–H and O–H groups in total. The maximum atomic E-state index is 12.2. The SMILES string of the molecule is COc1ccc(NC(=O)CC2COCCN2)cc1-n1nnnc1C.Cl. The van der Waals surface area contributed by atoms with Gasteiger partial charge in [0.15, 0.2) is 5.82 Å². The predicted octanol–water partition coefficient (Wildman–Crippen LogP) is 0.718. The van der Waals surface area contributed by atoms with Crippen molar-refractivity contribution in [1.82, 2.24) is 25.5 Å². The number of methoxy groups -OCH3 is 1. The van der Waals surface area contributed by atoms with Gasteiger partial charge < -0.3 is 20.1 Å². The van der Waals surface area contributed by atoms with E-state index in [-0.39, 0.29) is 24.4 Å². The van der Waals surface area contributed by atoms with Crippen LogP contribution in [-0.2, 0) is 9.53 Å². The Morgan fingerprint density at radius 2 is 2.36 bits per heavy atom. The van der Waals surface area contributed by atoms with E-state index in [0.29, 0.717) is 42.6 Å². The van der Waals surface area contributed by atoms with E-state index in [1.165, 1.54) is 0 Å². The van der Waals surface area contributed by atoms with E-state index in [0.717, 1.165) is 6.54 Å². The van der Waals surface area contributed by atoms with Crippen molar-refractivity contribution in [3.05, 3.63) is 24.0 Å². The third-order valence-electron chi connectivity index (χ3n) is 3.75. The van der Waals surface area contributed by atoms with Crippen molar-refractivity contribution >= 4 is 24.0 Å². The summed E-state index contributed by atoms with van der Waals surface area (Å²) in [6.07, 6.45) is 0.352. The molecular formula is C15H21ClN6O3. The van der Waals surface area contributed by atoms with Gasteiger partial charge in [0.1, 0.15) is 11.4 Å². The van der Waals surface area contributed by atoms with Gasteiger partial charge in [0.2, 0.25) is 5.91 Å². The number of nitrogens with one attached hydrogen (secondary N) is 2. The first kappa shape index (κ1) is 19.1. The van der Waals surface area contributed by atoms with E-state index in [1.807, 2.05) is 0 Å². The number of ether oxygens (including phenoxy) is 2. The Bertz CT molecular complexity index is 717. The maximum Gasteiger partial charge on any atom is 0.226 e. The summed E-state index contributed by atoms with van der Waals surface area (Å²) in [6, 6.07) is 5.38. The molecular weight excluding hydrogens is 348 g/mol. The summed E-state index contributed by atoms with van der Waals surface area (Å²) in [6.45, 7) is 3.79. The van der Waals surface area contributed by atoms with Crippen LogP contribution in [0.1, 0.15) is 12.2 Å². The Morgan fingerprint density at radius 1 is 1.52 bits per heavy atom. The van der Waals surface area contributed by atoms with E-state index >= 15 is 0 Å². The lowest BCUT2D eigenvalue weighted by Gasteiger charge is -2.23. The van der Waals surface area contributed by atoms with Crippen molar-refractivity contribution in [2.45, 2.75) is 19.4 Å². The van der Waals surface area contributed by atoms with Gasteiger partial charge in [-0.1, -0.05) is 0 Å². The first-order valence-electron chi connectivity index (χ1n) is 7.71. The molecule has 2 heterocycles. The van der Waals surface area contributed by atoms with Crippen LogP contribution in [0, 0.1) is 6.92 Å². The monoisotopic (exact) mass is 368 g/mol. The lowest BCUT2D eigenvalue weighted by molar-refractivity contribution is -0.117. The number of nitrogens with zero attached hydrogens (tertiary/aromatic N) is 4. The van der Waals surface area contributed by atoms with E-state index in [4.69, 9.17) is 9.47 Å². The zero-order valence-corrected chi connectivity index (χ0v) is 14.9. The minimum Gasteiger partial charge on any atom is -0.494 e. The van der Waals surface area contributed by atoms with E-state index in [9.17, 15) is 4.79 Å². The van der Waals surface area contributed by atoms with Gasteiger partial charge in [0.05, 0.1) is 20.3 Å². The number of rotatable bonds is 5. The smallest absolute Gasteiger partial charge is 0.226 e. The van der Waals surface area contributed by atoms with Crippen LogP contribution in [0.2, 0.25) is 0 Å². The second-order valence-electron chi connectivity index (χ2n) is 5.50. The number of hydrogen-bond donors (Lipinski definition) is 2. The number of anilines is 1. The lowest BCUT2D eigenvalue weighted by Crippen LogP contribution is -2.43. The number of halogens is 1. The van der Waals surface area contributed by atoms with Crippen molar-refractivity contribution < 1.29 is 14.3 Å². The molecule has 1 amide bonds. The maximum absolute atomic E-state index is 12.2. The summed E-state index contributed by atoms with van der Waals surface area (Å²) >= 11 is 0. The van der Waals surface area contributed by atoms with Crippen LogP contribution < -0.4 is 15.4 Å². The largest absolute Gasteiger partial charge is 0.494 e. The van der Waals surface area contributed by atoms with Crippen LogP contribution >= 0.6 is 12.4 Å². The molecule has 25 heavy (non-hydrogen) atoms. The Labute approximate surface area is 151 Å². The molecule has 0 aliphatic carbocycles. The summed E-state index contributed by atoms with van der Waals surface area (Å²) in [4.78, 5) is 12.2. The molecule has 1 fully saturated rings. The molecule has 2 aromatic rings. The number of morpholine rings is 1. The molecule has 3 rings (SSSR count). The molecule has 136 valence electrons. The molecule has 1 atom stereocenters. The molecule has 0 saturated carbocycles. The summed E-state index contributed by atoms with van der Waals surface area (Å²) < 4.78 is 12.3. The molecule has 1 aliphatic heterocycles. The van der Waals surface area contributed by atoms with Gasteiger partial charge in [-0.25, -0.2) is 0 Å². The summed E-state index contributed by atoms with van der Waals surface area (Å²) in [5, 5.41) is 17.6. The number of carbonyl (C=O) groups excluding carboxylic acids is 1. The van der Waals surface area contributed by atoms with Crippen LogP contribution in [0.25, 0.3) is 5.69 Å². The number of tetrazole rings is 1. The molecule has 1 aromatic heterocycles. The Kier molecular flexibility index (Phi) is 6.68. The summed E-state index contributed by atoms with van der Waals surface area (Å²) in [7, 11) is 1.57. The van der Waals surface area contributed by atoms with Crippen LogP contribution in [0.5, 0.6) is 5.75 Å². The minimum atomic E-state index is -0.0810. The van der Waals surface area contributed by atoms with Gasteiger partial charge in [-0.2, -0.15) is 4.68 Å². The molecule has 9 nitrogen and oxygen atoms in total. The summed E-state index contributed by atoms with van der Waals surface area (Å²) in [5.74, 6) is 1.16. The highest BCUT2D eigenvalue weighted by molar-refractivity contribution is 5.91. The highest BCUT2D eigenvalue weighted by Crippen LogP contribution is 2.26. The van der Waals surface area contributed by atoms with Crippen LogP contribution in [-0.4, -0.2) is 59.0 Å². The van der Waals surface area contributed by atoms with Gasteiger partial charge in [0, 0.05) is 24.7 Å². The van der Waals surface area contributed by atoms with E-state index in [2.05, 4.69) is 26.2 Å². The molecule has 0 radical (unpaired) electrons. The lowest BCUT2D eigenvalue weighted by atomic mass is 10.2. The second-order valence-corrected chi connectivity index (χ2v) is 5.50. The number of benzene rings is 1. The number of aromatic nitrogens is 4. The van der Waals surface area contributed by atoms with Crippen molar-refractivity contribution in [3.8, 4) is 11.4 Å². The highest BCUT2D eigenvalue weighted by atomic mass is 35.5. The van der Waals surface area contributed by atoms with Crippen LogP contribution in [0.15, 0.2) is 18.2 Å². The summed E-state index contributed by atoms with van der Waals surface area (Å²) in [5.41, 5.74) is 1.32. The number of hydrogen-bond acceptors (Lipinski definition) is 7. The number of amides is 1. The number of aryl methyl sites for hydroxylation is 1. The standard InChI is InChI=1S/C15H20N6O3.ClH/c1-10-18-19-20-21(10)13-7-11(3-4-14(13)23-2)17-15(22)8-12-9-24-6-5-16-12;/h3-4,7,12,16H,5-6,8-9H2,1-2H3,(H,17,22);1H. The minimum absolute atomic E-state index is 0. The molecule has 1 saturated heterocycles. The Hall–Kier alpha value is -2.23. The fourth-order valence-electron chi connectivity index (χ4n) is 2.57. The topological polar surface area (TPSA) is 103 Å². The fourth-order valence-corrected chi connectivity index (χ4v) is 2.57. The number of carbonyl (C=O) groups is 1. The predicted molar refractivity (Wildman–Crippen MR) is 93.5 cm³/mol. The van der Waals surface area contributed by atoms with Crippen molar-refractivity contribution in [2.24, 2.45) is 0 Å². The van der Waals surface area contributed by atoms with Crippen LogP contribution in [0.3, 0.4) is 0 Å². The quantitative estimate of drug-likeness (QED) is 0.801. The molecule has 0 bridgehead atoms. The van der Waals surface area contributed by atoms with Gasteiger partial charge in [-0.15, -0.1) is 17.5 Å². The van der Waals surface area contributed by atoms with E-state index < -0.39 is 0 Å². The molecule has 1 aliphatic rings. The van der Waals surface area contributed by atoms with Gasteiger partial charge in [-0.05, 0) is 35.5 Å². The van der Waals surface area contributed by atoms with Crippen molar-refractivity contribution in [2.75, 3.05) is 32.2 Å². The molecule has 1 unspecified atom stereocenters. The first-order valence-corrected chi connectivity index (χ1v) is 7.71. The third-order valence-corrected chi connectivity index (χ3v) is 3.75. The fraction of sp³-hybridized carbons (Fsp3) is 0.467. The zero-order valence-electron chi connectivity index (χ0n) is 14.1. The Balaban J connectivity index is 0.00000225. The average molecular weight is 369 g/mol. The first-order chi connectivity index (χ1) is 11.7. The molecule has 0 spiro atoms. The normalized spacial score (nSPS) is 16.8. The van der Waals surface area contributed by atoms with Crippen LogP contribution in [0.4, 0.5) is 5.69 Å². The molecule has 10 heteroatoms. The highest BCUT2D eigenvalue weighted by Gasteiger charge is 2.18. The second kappa shape index (κ2) is 8.75.